The van der Waals surface area contributed by atoms with Crippen LogP contribution in [0, 0.1) is 13.8 Å². The number of ketones is 2. The van der Waals surface area contributed by atoms with Crippen LogP contribution in [0.3, 0.4) is 0 Å². The number of primary sulfonamides is 1. The summed E-state index contributed by atoms with van der Waals surface area (Å²) in [5, 5.41) is 7.64. The second-order valence-corrected chi connectivity index (χ2v) is 8.80. The molecule has 3 N–H and O–H groups in total. The third kappa shape index (κ3) is 5.69. The van der Waals surface area contributed by atoms with E-state index in [1.54, 1.807) is 24.3 Å². The Hall–Kier alpha value is -3.29. The summed E-state index contributed by atoms with van der Waals surface area (Å²) in [6.07, 6.45) is 0.938. The van der Waals surface area contributed by atoms with Gasteiger partial charge in [-0.15, -0.1) is 0 Å². The molecule has 0 spiro atoms. The van der Waals surface area contributed by atoms with Gasteiger partial charge in [0.1, 0.15) is 0 Å². The van der Waals surface area contributed by atoms with Crippen LogP contribution in [-0.2, 0) is 10.0 Å². The lowest BCUT2D eigenvalue weighted by atomic mass is 9.80. The number of sulfonamides is 1. The Bertz CT molecular complexity index is 1240. The molecule has 168 valence electrons. The summed E-state index contributed by atoms with van der Waals surface area (Å²) in [4.78, 5) is 26.2. The summed E-state index contributed by atoms with van der Waals surface area (Å²) in [6, 6.07) is 18.6. The van der Waals surface area contributed by atoms with Gasteiger partial charge in [0, 0.05) is 22.4 Å². The van der Waals surface area contributed by atoms with Crippen molar-refractivity contribution in [1.82, 2.24) is 0 Å². The molecule has 7 heteroatoms. The molecule has 3 aromatic carbocycles. The SMILES string of the molecule is CC.CS(N)(=O)=O.Cc1cc(Nc2ccccc2)c2c(c1C)C(=O)c1ccccc1C2=O. The number of carbonyl (C=O) groups is 2. The highest BCUT2D eigenvalue weighted by molar-refractivity contribution is 7.88. The van der Waals surface area contributed by atoms with Crippen molar-refractivity contribution in [3.05, 3.63) is 94.0 Å². The molecule has 0 saturated carbocycles. The van der Waals surface area contributed by atoms with Gasteiger partial charge >= 0.3 is 0 Å². The third-order valence-corrected chi connectivity index (χ3v) is 4.77. The van der Waals surface area contributed by atoms with E-state index in [4.69, 9.17) is 0 Å². The lowest BCUT2D eigenvalue weighted by molar-refractivity contribution is 0.0979. The summed E-state index contributed by atoms with van der Waals surface area (Å²) in [7, 11) is -3.17. The first-order chi connectivity index (χ1) is 15.1. The largest absolute Gasteiger partial charge is 0.355 e. The minimum Gasteiger partial charge on any atom is -0.355 e. The van der Waals surface area contributed by atoms with Crippen molar-refractivity contribution in [2.75, 3.05) is 11.6 Å². The van der Waals surface area contributed by atoms with Gasteiger partial charge in [-0.25, -0.2) is 13.6 Å². The Morgan fingerprint density at radius 3 is 1.72 bits per heavy atom. The standard InChI is InChI=1S/C22H17NO2.C2H6.CH5NO2S/c1-13-12-18(23-15-8-4-3-5-9-15)20-19(14(13)2)21(24)16-10-6-7-11-17(16)22(20)25;1-2;1-5(2,3)4/h3-12,23H,1-2H3;1-2H3;1H3,(H2,2,3,4). The highest BCUT2D eigenvalue weighted by Crippen LogP contribution is 2.36. The molecule has 0 aromatic heterocycles. The zero-order valence-corrected chi connectivity index (χ0v) is 19.7. The zero-order chi connectivity index (χ0) is 24.1. The van der Waals surface area contributed by atoms with E-state index in [0.29, 0.717) is 27.9 Å². The number of benzene rings is 3. The van der Waals surface area contributed by atoms with Crippen LogP contribution >= 0.6 is 0 Å². The van der Waals surface area contributed by atoms with Crippen LogP contribution in [0.5, 0.6) is 0 Å². The van der Waals surface area contributed by atoms with Crippen LogP contribution in [-0.4, -0.2) is 26.2 Å². The minimum atomic E-state index is -3.17. The van der Waals surface area contributed by atoms with Crippen LogP contribution < -0.4 is 10.5 Å². The summed E-state index contributed by atoms with van der Waals surface area (Å²) < 4.78 is 18.8. The Morgan fingerprint density at radius 1 is 0.781 bits per heavy atom. The lowest BCUT2D eigenvalue weighted by Crippen LogP contribution is -2.23. The molecule has 0 unspecified atom stereocenters. The molecule has 0 amide bonds. The van der Waals surface area contributed by atoms with Crippen LogP contribution in [0.4, 0.5) is 11.4 Å². The first-order valence-corrected chi connectivity index (χ1v) is 12.2. The fourth-order valence-corrected chi connectivity index (χ4v) is 3.36. The highest BCUT2D eigenvalue weighted by atomic mass is 32.2. The Labute approximate surface area is 189 Å². The van der Waals surface area contributed by atoms with Gasteiger partial charge in [-0.3, -0.25) is 9.59 Å². The molecule has 0 atom stereocenters. The average molecular weight is 453 g/mol. The molecule has 3 aromatic rings. The van der Waals surface area contributed by atoms with Crippen molar-refractivity contribution >= 4 is 33.0 Å². The monoisotopic (exact) mass is 452 g/mol. The molecule has 0 bridgehead atoms. The molecule has 6 nitrogen and oxygen atoms in total. The molecule has 0 aliphatic heterocycles. The molecule has 4 rings (SSSR count). The van der Waals surface area contributed by atoms with E-state index in [-0.39, 0.29) is 11.6 Å². The number of nitrogens with two attached hydrogens (primary N) is 1. The van der Waals surface area contributed by atoms with Crippen molar-refractivity contribution in [3.63, 3.8) is 0 Å². The van der Waals surface area contributed by atoms with Crippen molar-refractivity contribution < 1.29 is 18.0 Å². The number of rotatable bonds is 2. The molecule has 0 radical (unpaired) electrons. The number of nitrogens with one attached hydrogen (secondary N) is 1. The van der Waals surface area contributed by atoms with Crippen molar-refractivity contribution in [2.24, 2.45) is 5.14 Å². The van der Waals surface area contributed by atoms with Gasteiger partial charge in [0.15, 0.2) is 11.6 Å². The molecule has 0 heterocycles. The first-order valence-electron chi connectivity index (χ1n) is 10.2. The predicted molar refractivity (Wildman–Crippen MR) is 129 cm³/mol. The Balaban J connectivity index is 0.000000460. The van der Waals surface area contributed by atoms with Gasteiger partial charge in [0.05, 0.1) is 17.5 Å². The van der Waals surface area contributed by atoms with Gasteiger partial charge in [0.25, 0.3) is 0 Å². The van der Waals surface area contributed by atoms with Crippen molar-refractivity contribution in [3.8, 4) is 0 Å². The van der Waals surface area contributed by atoms with Gasteiger partial charge in [0.2, 0.25) is 10.0 Å². The van der Waals surface area contributed by atoms with E-state index in [2.05, 4.69) is 10.5 Å². The van der Waals surface area contributed by atoms with Crippen LogP contribution in [0.15, 0.2) is 60.7 Å². The average Bonchev–Trinajstić information content (AvgIpc) is 2.75. The smallest absolute Gasteiger partial charge is 0.206 e. The fourth-order valence-electron chi connectivity index (χ4n) is 3.36. The number of hydrogen-bond donors (Lipinski definition) is 2. The second-order valence-electron chi connectivity index (χ2n) is 7.14. The molecule has 32 heavy (non-hydrogen) atoms. The van der Waals surface area contributed by atoms with Crippen LogP contribution in [0.1, 0.15) is 56.8 Å². The predicted octanol–water partition coefficient (Wildman–Crippen LogP) is 4.75. The zero-order valence-electron chi connectivity index (χ0n) is 18.9. The Kier molecular flexibility index (Phi) is 8.08. The lowest BCUT2D eigenvalue weighted by Gasteiger charge is -2.24. The number of hydrogen-bond acceptors (Lipinski definition) is 5. The molecule has 1 aliphatic rings. The number of para-hydroxylation sites is 1. The van der Waals surface area contributed by atoms with Crippen molar-refractivity contribution in [1.29, 1.82) is 0 Å². The minimum absolute atomic E-state index is 0.0810. The van der Waals surface area contributed by atoms with E-state index < -0.39 is 10.0 Å². The molecule has 1 aliphatic carbocycles. The number of fused-ring (bicyclic) bond motifs is 2. The summed E-state index contributed by atoms with van der Waals surface area (Å²) >= 11 is 0. The second kappa shape index (κ2) is 10.3. The fraction of sp³-hybridized carbons (Fsp3) is 0.200. The maximum absolute atomic E-state index is 13.1. The quantitative estimate of drug-likeness (QED) is 0.456. The molecular formula is C25H28N2O4S. The summed E-state index contributed by atoms with van der Waals surface area (Å²) in [5.41, 5.74) is 5.35. The summed E-state index contributed by atoms with van der Waals surface area (Å²) in [5.74, 6) is -0.186. The molecule has 0 saturated heterocycles. The van der Waals surface area contributed by atoms with E-state index in [1.165, 1.54) is 0 Å². The molecule has 0 fully saturated rings. The number of carbonyl (C=O) groups excluding carboxylic acids is 2. The van der Waals surface area contributed by atoms with Crippen LogP contribution in [0.2, 0.25) is 0 Å². The molecular weight excluding hydrogens is 424 g/mol. The number of aryl methyl sites for hydroxylation is 1. The topological polar surface area (TPSA) is 106 Å². The normalized spacial score (nSPS) is 11.8. The maximum Gasteiger partial charge on any atom is 0.206 e. The van der Waals surface area contributed by atoms with Gasteiger partial charge in [-0.05, 0) is 43.2 Å². The number of anilines is 2. The van der Waals surface area contributed by atoms with E-state index >= 15 is 0 Å². The highest BCUT2D eigenvalue weighted by Gasteiger charge is 2.33. The van der Waals surface area contributed by atoms with Gasteiger partial charge < -0.3 is 5.32 Å². The van der Waals surface area contributed by atoms with Gasteiger partial charge in [-0.2, -0.15) is 0 Å². The van der Waals surface area contributed by atoms with E-state index in [0.717, 1.165) is 23.1 Å². The Morgan fingerprint density at radius 2 is 1.22 bits per heavy atom. The van der Waals surface area contributed by atoms with E-state index in [9.17, 15) is 18.0 Å². The first kappa shape index (κ1) is 25.0. The van der Waals surface area contributed by atoms with E-state index in [1.807, 2.05) is 64.1 Å². The van der Waals surface area contributed by atoms with Gasteiger partial charge in [-0.1, -0.05) is 56.3 Å². The maximum atomic E-state index is 13.1. The van der Waals surface area contributed by atoms with Crippen molar-refractivity contribution in [2.45, 2.75) is 27.7 Å². The summed E-state index contributed by atoms with van der Waals surface area (Å²) in [6.45, 7) is 7.86. The third-order valence-electron chi connectivity index (χ3n) is 4.77. The van der Waals surface area contributed by atoms with Crippen LogP contribution in [0.25, 0.3) is 0 Å².